The van der Waals surface area contributed by atoms with Crippen LogP contribution in [0.3, 0.4) is 0 Å². The molecule has 0 fully saturated rings. The van der Waals surface area contributed by atoms with E-state index in [9.17, 15) is 0 Å². The van der Waals surface area contributed by atoms with Gasteiger partial charge in [-0.15, -0.1) is 0 Å². The molecule has 0 aliphatic carbocycles. The smallest absolute Gasteiger partial charge is 0.00201 e. The Labute approximate surface area is 442 Å². The summed E-state index contributed by atoms with van der Waals surface area (Å²) in [5.74, 6) is 0. The van der Waals surface area contributed by atoms with Crippen molar-refractivity contribution < 1.29 is 0 Å². The van der Waals surface area contributed by atoms with E-state index >= 15 is 0 Å². The van der Waals surface area contributed by atoms with Gasteiger partial charge in [0, 0.05) is 0 Å². The predicted octanol–water partition coefficient (Wildman–Crippen LogP) is 21.4. The molecule has 0 nitrogen and oxygen atoms in total. The van der Waals surface area contributed by atoms with Crippen LogP contribution in [-0.4, -0.2) is 0 Å². The third kappa shape index (κ3) is 7.37. The van der Waals surface area contributed by atoms with Crippen molar-refractivity contribution >= 4 is 75.4 Å². The summed E-state index contributed by atoms with van der Waals surface area (Å²) in [6.07, 6.45) is 0. The van der Waals surface area contributed by atoms with Crippen LogP contribution in [0.15, 0.2) is 291 Å². The van der Waals surface area contributed by atoms with Gasteiger partial charge in [-0.25, -0.2) is 0 Å². The van der Waals surface area contributed by atoms with Crippen molar-refractivity contribution in [3.63, 3.8) is 0 Å². The molecular weight excluding hydrogens is 913 g/mol. The maximum Gasteiger partial charge on any atom is -0.00201 e. The fourth-order valence-electron chi connectivity index (χ4n) is 12.3. The summed E-state index contributed by atoms with van der Waals surface area (Å²) < 4.78 is 0. The fraction of sp³-hybridized carbons (Fsp3) is 0. The molecule has 0 aromatic heterocycles. The first-order valence-electron chi connectivity index (χ1n) is 26.4. The average Bonchev–Trinajstić information content (AvgIpc) is 3.63. The maximum absolute atomic E-state index is 2.56. The van der Waals surface area contributed by atoms with Gasteiger partial charge in [0.05, 0.1) is 0 Å². The van der Waals surface area contributed by atoms with Crippen LogP contribution >= 0.6 is 0 Å². The van der Waals surface area contributed by atoms with E-state index in [1.807, 2.05) is 0 Å². The lowest BCUT2D eigenvalue weighted by atomic mass is 9.80. The lowest BCUT2D eigenvalue weighted by Crippen LogP contribution is -1.96. The minimum atomic E-state index is 1.18. The number of rotatable bonds is 7. The lowest BCUT2D eigenvalue weighted by Gasteiger charge is -2.23. The van der Waals surface area contributed by atoms with Crippen molar-refractivity contribution in [3.8, 4) is 77.9 Å². The van der Waals surface area contributed by atoms with E-state index in [0.717, 1.165) is 0 Å². The predicted molar refractivity (Wildman–Crippen MR) is 327 cm³/mol. The SMILES string of the molecule is c1ccc(-c2ccc3c(-c4cccc(-c5ccc6ccccc6c5)c4)c4cc5c(-c6ccccc6)c(-c6ccc7ccccc7c6)c6ccccc6c5cc4c(-c4cccc(-c5ccc6ccccc6c5)c4)c3c2)cc1. The molecule has 0 saturated heterocycles. The van der Waals surface area contributed by atoms with Crippen molar-refractivity contribution in [3.05, 3.63) is 291 Å². The summed E-state index contributed by atoms with van der Waals surface area (Å²) in [6, 6.07) is 109. The molecule has 0 N–H and O–H groups in total. The highest BCUT2D eigenvalue weighted by Crippen LogP contribution is 2.51. The topological polar surface area (TPSA) is 0 Å². The second kappa shape index (κ2) is 18.0. The Morgan fingerprint density at radius 2 is 0.447 bits per heavy atom. The summed E-state index contributed by atoms with van der Waals surface area (Å²) in [6.45, 7) is 0. The number of benzene rings is 15. The lowest BCUT2D eigenvalue weighted by molar-refractivity contribution is 1.61. The Morgan fingerprint density at radius 3 is 1.03 bits per heavy atom. The minimum absolute atomic E-state index is 1.18. The Kier molecular flexibility index (Phi) is 10.3. The summed E-state index contributed by atoms with van der Waals surface area (Å²) in [4.78, 5) is 0. The zero-order valence-electron chi connectivity index (χ0n) is 41.7. The van der Waals surface area contributed by atoms with Gasteiger partial charge in [-0.05, 0) is 202 Å². The Hall–Kier alpha value is -9.88. The highest BCUT2D eigenvalue weighted by atomic mass is 14.3. The van der Waals surface area contributed by atoms with Gasteiger partial charge in [-0.3, -0.25) is 0 Å². The van der Waals surface area contributed by atoms with Gasteiger partial charge in [0.15, 0.2) is 0 Å². The van der Waals surface area contributed by atoms with E-state index < -0.39 is 0 Å². The number of hydrogen-bond donors (Lipinski definition) is 0. The summed E-state index contributed by atoms with van der Waals surface area (Å²) in [5.41, 5.74) is 16.9. The zero-order valence-corrected chi connectivity index (χ0v) is 41.7. The van der Waals surface area contributed by atoms with Gasteiger partial charge in [-0.1, -0.05) is 243 Å². The molecule has 0 unspecified atom stereocenters. The molecule has 76 heavy (non-hydrogen) atoms. The van der Waals surface area contributed by atoms with Crippen LogP contribution in [0.4, 0.5) is 0 Å². The standard InChI is InChI=1S/C76H48/c1-3-17-49(18-4-1)61-39-40-67-69(46-61)74(63-30-16-28-58(45-63)60-37-34-51-20-8-11-25-55(51)42-60)71-47-68-65-31-13-14-32-66(65)76(64-38-35-52-21-9-12-26-56(52)43-64)75(53-22-5-2-6-23-53)70(68)48-72(71)73(67)62-29-15-27-57(44-62)59-36-33-50-19-7-10-24-54(50)41-59/h1-48H. The largest absolute Gasteiger partial charge is 0.0622 e. The van der Waals surface area contributed by atoms with Crippen molar-refractivity contribution in [2.45, 2.75) is 0 Å². The van der Waals surface area contributed by atoms with Gasteiger partial charge in [0.1, 0.15) is 0 Å². The molecule has 0 spiro atoms. The summed E-state index contributed by atoms with van der Waals surface area (Å²) in [7, 11) is 0. The first-order chi connectivity index (χ1) is 37.7. The van der Waals surface area contributed by atoms with Crippen LogP contribution in [0, 0.1) is 0 Å². The summed E-state index contributed by atoms with van der Waals surface area (Å²) >= 11 is 0. The minimum Gasteiger partial charge on any atom is -0.0622 e. The van der Waals surface area contributed by atoms with Gasteiger partial charge < -0.3 is 0 Å². The molecular formula is C76H48. The molecule has 15 aromatic rings. The van der Waals surface area contributed by atoms with Gasteiger partial charge >= 0.3 is 0 Å². The van der Waals surface area contributed by atoms with E-state index in [-0.39, 0.29) is 0 Å². The molecule has 352 valence electrons. The molecule has 0 bridgehead atoms. The van der Waals surface area contributed by atoms with Crippen molar-refractivity contribution in [2.24, 2.45) is 0 Å². The van der Waals surface area contributed by atoms with Crippen LogP contribution in [-0.2, 0) is 0 Å². The van der Waals surface area contributed by atoms with Gasteiger partial charge in [0.2, 0.25) is 0 Å². The van der Waals surface area contributed by atoms with E-state index in [4.69, 9.17) is 0 Å². The Balaban J connectivity index is 1.10. The van der Waals surface area contributed by atoms with E-state index in [1.54, 1.807) is 0 Å². The van der Waals surface area contributed by atoms with Crippen molar-refractivity contribution in [1.29, 1.82) is 0 Å². The van der Waals surface area contributed by atoms with E-state index in [1.165, 1.54) is 153 Å². The van der Waals surface area contributed by atoms with Crippen LogP contribution in [0.5, 0.6) is 0 Å². The molecule has 0 radical (unpaired) electrons. The highest BCUT2D eigenvalue weighted by molar-refractivity contribution is 6.30. The Morgan fingerprint density at radius 1 is 0.118 bits per heavy atom. The molecule has 0 amide bonds. The van der Waals surface area contributed by atoms with Crippen LogP contribution in [0.1, 0.15) is 0 Å². The molecule has 0 heteroatoms. The first kappa shape index (κ1) is 43.7. The zero-order chi connectivity index (χ0) is 50.1. The third-order valence-electron chi connectivity index (χ3n) is 15.9. The monoisotopic (exact) mass is 960 g/mol. The molecule has 15 rings (SSSR count). The second-order valence-corrected chi connectivity index (χ2v) is 20.3. The molecule has 0 saturated carbocycles. The quantitative estimate of drug-likeness (QED) is 0.110. The molecule has 0 heterocycles. The third-order valence-corrected chi connectivity index (χ3v) is 15.9. The molecule has 0 atom stereocenters. The van der Waals surface area contributed by atoms with E-state index in [0.29, 0.717) is 0 Å². The van der Waals surface area contributed by atoms with Gasteiger partial charge in [0.25, 0.3) is 0 Å². The fourth-order valence-corrected chi connectivity index (χ4v) is 12.3. The number of hydrogen-bond acceptors (Lipinski definition) is 0. The van der Waals surface area contributed by atoms with Crippen LogP contribution < -0.4 is 0 Å². The molecule has 0 aliphatic heterocycles. The first-order valence-corrected chi connectivity index (χ1v) is 26.4. The number of fused-ring (bicyclic) bond motifs is 8. The second-order valence-electron chi connectivity index (χ2n) is 20.3. The van der Waals surface area contributed by atoms with Gasteiger partial charge in [-0.2, -0.15) is 0 Å². The van der Waals surface area contributed by atoms with Crippen molar-refractivity contribution in [1.82, 2.24) is 0 Å². The normalized spacial score (nSPS) is 11.7. The highest BCUT2D eigenvalue weighted by Gasteiger charge is 2.24. The molecule has 0 aliphatic rings. The van der Waals surface area contributed by atoms with Crippen LogP contribution in [0.25, 0.3) is 153 Å². The summed E-state index contributed by atoms with van der Waals surface area (Å²) in [5, 5.41) is 17.2. The van der Waals surface area contributed by atoms with Crippen molar-refractivity contribution in [2.75, 3.05) is 0 Å². The van der Waals surface area contributed by atoms with E-state index in [2.05, 4.69) is 291 Å². The molecule has 15 aromatic carbocycles. The van der Waals surface area contributed by atoms with Crippen LogP contribution in [0.2, 0.25) is 0 Å². The average molecular weight is 961 g/mol. The Bertz CT molecular complexity index is 4790. The maximum atomic E-state index is 2.56.